The van der Waals surface area contributed by atoms with Crippen LogP contribution in [0.15, 0.2) is 6.33 Å². The van der Waals surface area contributed by atoms with Crippen LogP contribution in [-0.2, 0) is 19.4 Å². The highest BCUT2D eigenvalue weighted by atomic mass is 31.2. The minimum Gasteiger partial charge on any atom is -0.387 e. The van der Waals surface area contributed by atoms with Gasteiger partial charge in [0, 0.05) is 0 Å². The molecule has 6 N–H and O–H groups in total. The number of anilines is 1. The van der Waals surface area contributed by atoms with Gasteiger partial charge in [-0.2, -0.15) is 0 Å². The maximum Gasteiger partial charge on any atom is 0.360 e. The molecule has 4 rings (SSSR count). The van der Waals surface area contributed by atoms with E-state index in [9.17, 15) is 24.8 Å². The van der Waals surface area contributed by atoms with Gasteiger partial charge in [-0.05, 0) is 19.3 Å². The number of imidazole rings is 1. The lowest BCUT2D eigenvalue weighted by Gasteiger charge is -2.46. The molecule has 1 fully saturated rings. The molecule has 13 heteroatoms. The lowest BCUT2D eigenvalue weighted by Crippen LogP contribution is -2.54. The van der Waals surface area contributed by atoms with Crippen molar-refractivity contribution in [1.82, 2.24) is 19.5 Å². The number of rotatable bonds is 5. The summed E-state index contributed by atoms with van der Waals surface area (Å²) in [5.74, 6) is -0.405. The maximum absolute atomic E-state index is 13.2. The van der Waals surface area contributed by atoms with Crippen LogP contribution in [0, 0.1) is 5.92 Å². The molecule has 30 heavy (non-hydrogen) atoms. The number of nitrogens with two attached hydrogens (primary N) is 1. The quantitative estimate of drug-likeness (QED) is 0.398. The van der Waals surface area contributed by atoms with Crippen LogP contribution in [0.25, 0.3) is 11.2 Å². The monoisotopic (exact) mass is 443 g/mol. The first kappa shape index (κ1) is 21.6. The molecule has 7 atom stereocenters. The number of nitrogen functional groups attached to an aromatic ring is 1. The molecule has 0 amide bonds. The third kappa shape index (κ3) is 2.62. The smallest absolute Gasteiger partial charge is 0.360 e. The van der Waals surface area contributed by atoms with Gasteiger partial charge in [-0.25, -0.2) is 15.0 Å². The first-order valence-electron chi connectivity index (χ1n) is 9.65. The van der Waals surface area contributed by atoms with E-state index in [2.05, 4.69) is 15.0 Å². The van der Waals surface area contributed by atoms with Crippen LogP contribution in [0.5, 0.6) is 0 Å². The first-order chi connectivity index (χ1) is 13.9. The highest BCUT2D eigenvalue weighted by molar-refractivity contribution is 7.54. The second-order valence-electron chi connectivity index (χ2n) is 8.30. The predicted octanol–water partition coefficient (Wildman–Crippen LogP) is 0.213. The largest absolute Gasteiger partial charge is 0.387 e. The molecule has 2 aliphatic heterocycles. The lowest BCUT2D eigenvalue weighted by atomic mass is 9.81. The summed E-state index contributed by atoms with van der Waals surface area (Å²) in [6.45, 7) is 6.13. The fourth-order valence-corrected chi connectivity index (χ4v) is 5.49. The van der Waals surface area contributed by atoms with Gasteiger partial charge in [0.15, 0.2) is 34.2 Å². The van der Waals surface area contributed by atoms with Crippen LogP contribution in [0.3, 0.4) is 0 Å². The van der Waals surface area contributed by atoms with Crippen molar-refractivity contribution in [1.29, 1.82) is 0 Å². The summed E-state index contributed by atoms with van der Waals surface area (Å²) in [6.07, 6.45) is -3.96. The molecule has 0 radical (unpaired) electrons. The van der Waals surface area contributed by atoms with E-state index in [1.165, 1.54) is 17.8 Å². The Kier molecular flexibility index (Phi) is 4.79. The molecular formula is C17H26N5O7P. The maximum atomic E-state index is 13.2. The molecule has 0 spiro atoms. The van der Waals surface area contributed by atoms with Crippen molar-refractivity contribution in [2.24, 2.45) is 5.92 Å². The van der Waals surface area contributed by atoms with Crippen molar-refractivity contribution in [3.8, 4) is 0 Å². The number of hydrogen-bond donors (Lipinski definition) is 5. The van der Waals surface area contributed by atoms with Gasteiger partial charge >= 0.3 is 7.60 Å². The second kappa shape index (κ2) is 6.67. The molecule has 2 aromatic rings. The van der Waals surface area contributed by atoms with E-state index in [4.69, 9.17) is 15.0 Å². The summed E-state index contributed by atoms with van der Waals surface area (Å²) in [7, 11) is -4.71. The molecule has 4 heterocycles. The topological polar surface area (TPSA) is 186 Å². The van der Waals surface area contributed by atoms with Gasteiger partial charge in [0.2, 0.25) is 0 Å². The van der Waals surface area contributed by atoms with Crippen molar-refractivity contribution < 1.29 is 34.0 Å². The molecule has 1 saturated heterocycles. The molecule has 12 nitrogen and oxygen atoms in total. The molecule has 0 saturated carbocycles. The van der Waals surface area contributed by atoms with Crippen LogP contribution >= 0.6 is 7.60 Å². The minimum atomic E-state index is -4.71. The Labute approximate surface area is 172 Å². The highest BCUT2D eigenvalue weighted by Crippen LogP contribution is 2.64. The van der Waals surface area contributed by atoms with Crippen LogP contribution in [-0.4, -0.2) is 63.4 Å². The third-order valence-electron chi connectivity index (χ3n) is 6.18. The Morgan fingerprint density at radius 3 is 2.67 bits per heavy atom. The van der Waals surface area contributed by atoms with E-state index >= 15 is 0 Å². The van der Waals surface area contributed by atoms with E-state index < -0.39 is 49.0 Å². The number of hydrogen-bond acceptors (Lipinski definition) is 10. The number of ether oxygens (including phenoxy) is 1. The van der Waals surface area contributed by atoms with Gasteiger partial charge in [0.05, 0.1) is 0 Å². The standard InChI is InChI=1S/C17H26N5O7P/c1-5-16(4,25)30(26,27)29-17(7(2)3)11-9(23)10(24)14(28-11)22-13-8(21-15(17)22)12(18)19-6-20-13/h6-7,9-11,14,23-25H,5H2,1-4H3,(H,26,27)(H2,18,19,20)/t9-,10+,11-,14?,16?,17?/m0/s1. The van der Waals surface area contributed by atoms with E-state index in [1.807, 2.05) is 0 Å². The molecule has 166 valence electrons. The fraction of sp³-hybridized carbons (Fsp3) is 0.706. The van der Waals surface area contributed by atoms with E-state index in [1.54, 1.807) is 20.8 Å². The summed E-state index contributed by atoms with van der Waals surface area (Å²) in [4.78, 5) is 23.3. The number of aliphatic hydroxyl groups excluding tert-OH is 2. The molecule has 2 aromatic heterocycles. The number of nitrogens with zero attached hydrogens (tertiary/aromatic N) is 4. The summed E-state index contributed by atoms with van der Waals surface area (Å²) >= 11 is 0. The molecule has 2 bridgehead atoms. The first-order valence-corrected chi connectivity index (χ1v) is 11.2. The number of fused-ring (bicyclic) bond motifs is 6. The van der Waals surface area contributed by atoms with Gasteiger partial charge in [-0.1, -0.05) is 20.8 Å². The van der Waals surface area contributed by atoms with E-state index in [-0.39, 0.29) is 29.2 Å². The summed E-state index contributed by atoms with van der Waals surface area (Å²) in [5.41, 5.74) is 4.57. The van der Waals surface area contributed by atoms with Crippen molar-refractivity contribution in [2.45, 2.75) is 69.6 Å². The van der Waals surface area contributed by atoms with Crippen LogP contribution in [0.1, 0.15) is 46.2 Å². The lowest BCUT2D eigenvalue weighted by molar-refractivity contribution is -0.185. The zero-order valence-electron chi connectivity index (χ0n) is 17.0. The molecule has 0 aromatic carbocycles. The van der Waals surface area contributed by atoms with Gasteiger partial charge in [-0.15, -0.1) is 0 Å². The normalized spacial score (nSPS) is 34.7. The zero-order valence-corrected chi connectivity index (χ0v) is 17.9. The van der Waals surface area contributed by atoms with Gasteiger partial charge < -0.3 is 30.7 Å². The van der Waals surface area contributed by atoms with Crippen LogP contribution in [0.2, 0.25) is 0 Å². The van der Waals surface area contributed by atoms with Crippen LogP contribution in [0.4, 0.5) is 5.82 Å². The van der Waals surface area contributed by atoms with E-state index in [0.717, 1.165) is 0 Å². The Bertz CT molecular complexity index is 1040. The van der Waals surface area contributed by atoms with Gasteiger partial charge in [-0.3, -0.25) is 13.7 Å². The Morgan fingerprint density at radius 2 is 2.07 bits per heavy atom. The number of aromatic nitrogens is 4. The second-order valence-corrected chi connectivity index (χ2v) is 10.5. The predicted molar refractivity (Wildman–Crippen MR) is 104 cm³/mol. The molecular weight excluding hydrogens is 417 g/mol. The van der Waals surface area contributed by atoms with E-state index in [0.29, 0.717) is 0 Å². The fourth-order valence-electron chi connectivity index (χ4n) is 4.09. The Hall–Kier alpha value is -1.66. The zero-order chi connectivity index (χ0) is 22.2. The molecule has 4 unspecified atom stereocenters. The number of aliphatic hydroxyl groups is 3. The van der Waals surface area contributed by atoms with Crippen molar-refractivity contribution in [3.63, 3.8) is 0 Å². The van der Waals surface area contributed by atoms with Crippen molar-refractivity contribution in [3.05, 3.63) is 12.2 Å². The van der Waals surface area contributed by atoms with Gasteiger partial charge in [0.25, 0.3) is 0 Å². The van der Waals surface area contributed by atoms with Crippen molar-refractivity contribution in [2.75, 3.05) is 5.73 Å². The SMILES string of the molecule is CCC(C)(O)P(=O)(O)OC1(C(C)C)c2nc3c(N)ncnc3n2C2O[C@H]1[C@@H](O)[C@H]2O. The van der Waals surface area contributed by atoms with Crippen molar-refractivity contribution >= 4 is 24.6 Å². The Morgan fingerprint density at radius 1 is 1.40 bits per heavy atom. The van der Waals surface area contributed by atoms with Gasteiger partial charge in [0.1, 0.15) is 30.5 Å². The third-order valence-corrected chi connectivity index (χ3v) is 8.26. The molecule has 0 aliphatic carbocycles. The average molecular weight is 443 g/mol. The summed E-state index contributed by atoms with van der Waals surface area (Å²) in [6, 6.07) is 0. The molecule has 2 aliphatic rings. The van der Waals surface area contributed by atoms with Crippen LogP contribution < -0.4 is 5.73 Å². The Balaban J connectivity index is 2.03. The summed E-state index contributed by atoms with van der Waals surface area (Å²) in [5, 5.41) is 29.9. The highest BCUT2D eigenvalue weighted by Gasteiger charge is 2.66. The summed E-state index contributed by atoms with van der Waals surface area (Å²) < 4.78 is 26.3. The average Bonchev–Trinajstić information content (AvgIpc) is 3.18. The minimum absolute atomic E-state index is 0.0663.